The van der Waals surface area contributed by atoms with E-state index in [0.717, 1.165) is 30.9 Å². The second-order valence-corrected chi connectivity index (χ2v) is 8.29. The first-order valence-corrected chi connectivity index (χ1v) is 9.96. The van der Waals surface area contributed by atoms with Gasteiger partial charge in [-0.3, -0.25) is 4.90 Å². The standard InChI is InChI=1S/C20H23FN8O.ClH/c1-20(2)11-27(8-6-24-20)16-3-5-22-18-13(16)4-7-28(18)19(30)26-15-10-29-17(9-14(15)21)23-12-25-29;/h3,5,9-10,12,24H,4,6-8,11H2,1-2H3,(H,26,30);1H. The molecule has 0 aromatic carbocycles. The van der Waals surface area contributed by atoms with Crippen molar-refractivity contribution in [3.8, 4) is 0 Å². The Morgan fingerprint density at radius 2 is 2.13 bits per heavy atom. The first kappa shape index (κ1) is 21.3. The van der Waals surface area contributed by atoms with Crippen molar-refractivity contribution < 1.29 is 9.18 Å². The van der Waals surface area contributed by atoms with E-state index >= 15 is 0 Å². The summed E-state index contributed by atoms with van der Waals surface area (Å²) in [5, 5.41) is 10.2. The number of amides is 2. The van der Waals surface area contributed by atoms with E-state index in [1.807, 2.05) is 6.07 Å². The number of carbonyl (C=O) groups is 1. The van der Waals surface area contributed by atoms with E-state index in [1.165, 1.54) is 23.1 Å². The van der Waals surface area contributed by atoms with E-state index in [2.05, 4.69) is 44.4 Å². The van der Waals surface area contributed by atoms with Crippen molar-refractivity contribution in [2.45, 2.75) is 25.8 Å². The Kier molecular flexibility index (Phi) is 5.44. The number of anilines is 3. The Hall–Kier alpha value is -2.98. The number of pyridine rings is 2. The van der Waals surface area contributed by atoms with Crippen molar-refractivity contribution in [3.63, 3.8) is 0 Å². The van der Waals surface area contributed by atoms with E-state index in [4.69, 9.17) is 0 Å². The normalized spacial score (nSPS) is 17.4. The molecule has 2 aliphatic rings. The van der Waals surface area contributed by atoms with Crippen molar-refractivity contribution >= 4 is 41.3 Å². The number of piperazine rings is 1. The summed E-state index contributed by atoms with van der Waals surface area (Å²) < 4.78 is 15.8. The molecular weight excluding hydrogens is 423 g/mol. The fourth-order valence-electron chi connectivity index (χ4n) is 4.23. The van der Waals surface area contributed by atoms with Gasteiger partial charge in [0, 0.05) is 55.2 Å². The third kappa shape index (κ3) is 3.88. The fraction of sp³-hybridized carbons (Fsp3) is 0.400. The Morgan fingerprint density at radius 3 is 2.94 bits per heavy atom. The summed E-state index contributed by atoms with van der Waals surface area (Å²) in [4.78, 5) is 25.2. The lowest BCUT2D eigenvalue weighted by atomic mass is 10.0. The molecule has 0 spiro atoms. The summed E-state index contributed by atoms with van der Waals surface area (Å²) in [6.45, 7) is 7.53. The molecule has 2 aliphatic heterocycles. The zero-order valence-electron chi connectivity index (χ0n) is 17.3. The van der Waals surface area contributed by atoms with Crippen LogP contribution in [-0.4, -0.2) is 57.3 Å². The molecule has 0 atom stereocenters. The van der Waals surface area contributed by atoms with E-state index < -0.39 is 11.8 Å². The summed E-state index contributed by atoms with van der Waals surface area (Å²) in [7, 11) is 0. The molecule has 5 rings (SSSR count). The largest absolute Gasteiger partial charge is 0.368 e. The molecule has 9 nitrogen and oxygen atoms in total. The van der Waals surface area contributed by atoms with E-state index in [-0.39, 0.29) is 23.6 Å². The zero-order valence-corrected chi connectivity index (χ0v) is 18.1. The highest BCUT2D eigenvalue weighted by Crippen LogP contribution is 2.35. The van der Waals surface area contributed by atoms with Gasteiger partial charge >= 0.3 is 6.03 Å². The molecule has 2 N–H and O–H groups in total. The first-order valence-electron chi connectivity index (χ1n) is 9.96. The maximum absolute atomic E-state index is 14.4. The number of nitrogens with one attached hydrogen (secondary N) is 2. The Balaban J connectivity index is 0.00000231. The minimum absolute atomic E-state index is 0. The average molecular weight is 447 g/mol. The Bertz CT molecular complexity index is 1130. The summed E-state index contributed by atoms with van der Waals surface area (Å²) >= 11 is 0. The van der Waals surface area contributed by atoms with Crippen molar-refractivity contribution in [1.82, 2.24) is 24.9 Å². The summed E-state index contributed by atoms with van der Waals surface area (Å²) in [6, 6.07) is 2.83. The first-order chi connectivity index (χ1) is 14.4. The maximum Gasteiger partial charge on any atom is 0.327 e. The van der Waals surface area contributed by atoms with Crippen LogP contribution in [-0.2, 0) is 6.42 Å². The smallest absolute Gasteiger partial charge is 0.327 e. The number of aromatic nitrogens is 4. The van der Waals surface area contributed by atoms with Gasteiger partial charge in [-0.2, -0.15) is 5.10 Å². The number of urea groups is 1. The van der Waals surface area contributed by atoms with Gasteiger partial charge in [0.15, 0.2) is 11.5 Å². The fourth-order valence-corrected chi connectivity index (χ4v) is 4.23. The molecule has 0 bridgehead atoms. The molecule has 11 heteroatoms. The van der Waals surface area contributed by atoms with Crippen molar-refractivity contribution in [3.05, 3.63) is 42.2 Å². The van der Waals surface area contributed by atoms with E-state index in [0.29, 0.717) is 24.4 Å². The van der Waals surface area contributed by atoms with Crippen LogP contribution in [0.3, 0.4) is 0 Å². The zero-order chi connectivity index (χ0) is 20.9. The average Bonchev–Trinajstić information content (AvgIpc) is 3.33. The third-order valence-electron chi connectivity index (χ3n) is 5.61. The van der Waals surface area contributed by atoms with Crippen LogP contribution in [0.4, 0.5) is 26.4 Å². The molecule has 2 amide bonds. The van der Waals surface area contributed by atoms with Crippen molar-refractivity contribution in [1.29, 1.82) is 0 Å². The molecule has 5 heterocycles. The highest BCUT2D eigenvalue weighted by atomic mass is 35.5. The van der Waals surface area contributed by atoms with Crippen LogP contribution in [0, 0.1) is 5.82 Å². The Morgan fingerprint density at radius 1 is 1.29 bits per heavy atom. The molecular formula is C20H24ClFN8O. The molecule has 0 saturated carbocycles. The van der Waals surface area contributed by atoms with Gasteiger partial charge in [0.05, 0.1) is 11.9 Å². The number of nitrogens with zero attached hydrogens (tertiary/aromatic N) is 6. The van der Waals surface area contributed by atoms with Gasteiger partial charge in [-0.05, 0) is 26.3 Å². The lowest BCUT2D eigenvalue weighted by Crippen LogP contribution is -2.57. The Labute approximate surface area is 185 Å². The van der Waals surface area contributed by atoms with Crippen LogP contribution < -0.4 is 20.4 Å². The molecule has 0 unspecified atom stereocenters. The van der Waals surface area contributed by atoms with Gasteiger partial charge in [-0.25, -0.2) is 23.7 Å². The number of rotatable bonds is 2. The molecule has 0 aliphatic carbocycles. The second kappa shape index (κ2) is 7.93. The van der Waals surface area contributed by atoms with Gasteiger partial charge in [-0.15, -0.1) is 12.4 Å². The molecule has 1 saturated heterocycles. The van der Waals surface area contributed by atoms with E-state index in [9.17, 15) is 9.18 Å². The van der Waals surface area contributed by atoms with Gasteiger partial charge < -0.3 is 15.5 Å². The molecule has 0 radical (unpaired) electrons. The van der Waals surface area contributed by atoms with Crippen molar-refractivity contribution in [2.24, 2.45) is 0 Å². The van der Waals surface area contributed by atoms with Crippen LogP contribution in [0.15, 0.2) is 30.9 Å². The third-order valence-corrected chi connectivity index (χ3v) is 5.61. The molecule has 3 aromatic rings. The number of halogens is 2. The van der Waals surface area contributed by atoms with Crippen LogP contribution in [0.2, 0.25) is 0 Å². The minimum atomic E-state index is -0.562. The lowest BCUT2D eigenvalue weighted by molar-refractivity contribution is 0.257. The monoisotopic (exact) mass is 446 g/mol. The van der Waals surface area contributed by atoms with Gasteiger partial charge in [0.2, 0.25) is 0 Å². The number of fused-ring (bicyclic) bond motifs is 2. The minimum Gasteiger partial charge on any atom is -0.368 e. The summed E-state index contributed by atoms with van der Waals surface area (Å²) in [6.07, 6.45) is 5.19. The lowest BCUT2D eigenvalue weighted by Gasteiger charge is -2.41. The van der Waals surface area contributed by atoms with Gasteiger partial charge in [0.1, 0.15) is 12.1 Å². The SMILES string of the molecule is CC1(C)CN(c2ccnc3c2CCN3C(=O)Nc2cn3ncnc3cc2F)CCN1.Cl. The summed E-state index contributed by atoms with van der Waals surface area (Å²) in [5.74, 6) is 0.0663. The number of hydrogen-bond acceptors (Lipinski definition) is 6. The number of carbonyl (C=O) groups excluding carboxylic acids is 1. The highest BCUT2D eigenvalue weighted by Gasteiger charge is 2.32. The highest BCUT2D eigenvalue weighted by molar-refractivity contribution is 6.03. The van der Waals surface area contributed by atoms with Crippen LogP contribution >= 0.6 is 12.4 Å². The van der Waals surface area contributed by atoms with Crippen molar-refractivity contribution in [2.75, 3.05) is 41.3 Å². The molecule has 1 fully saturated rings. The topological polar surface area (TPSA) is 90.7 Å². The predicted molar refractivity (Wildman–Crippen MR) is 119 cm³/mol. The second-order valence-electron chi connectivity index (χ2n) is 8.29. The van der Waals surface area contributed by atoms with Crippen LogP contribution in [0.25, 0.3) is 5.65 Å². The quantitative estimate of drug-likeness (QED) is 0.628. The van der Waals surface area contributed by atoms with Gasteiger partial charge in [-0.1, -0.05) is 0 Å². The van der Waals surface area contributed by atoms with Crippen LogP contribution in [0.1, 0.15) is 19.4 Å². The van der Waals surface area contributed by atoms with E-state index in [1.54, 1.807) is 11.1 Å². The molecule has 31 heavy (non-hydrogen) atoms. The molecule has 3 aromatic heterocycles. The molecule has 164 valence electrons. The summed E-state index contributed by atoms with van der Waals surface area (Å²) in [5.41, 5.74) is 2.60. The predicted octanol–water partition coefficient (Wildman–Crippen LogP) is 2.47. The van der Waals surface area contributed by atoms with Gasteiger partial charge in [0.25, 0.3) is 0 Å². The number of hydrogen-bond donors (Lipinski definition) is 2. The maximum atomic E-state index is 14.4. The van der Waals surface area contributed by atoms with Crippen LogP contribution in [0.5, 0.6) is 0 Å².